The summed E-state index contributed by atoms with van der Waals surface area (Å²) in [5.74, 6) is 0.510. The van der Waals surface area contributed by atoms with E-state index in [0.29, 0.717) is 24.5 Å². The normalized spacial score (nSPS) is 11.8. The van der Waals surface area contributed by atoms with Gasteiger partial charge in [0.15, 0.2) is 0 Å². The molecule has 1 atom stereocenters. The largest absolute Gasteiger partial charge is 0.387 e. The second kappa shape index (κ2) is 8.29. The maximum atomic E-state index is 11.8. The molecule has 3 N–H and O–H groups in total. The van der Waals surface area contributed by atoms with E-state index in [9.17, 15) is 9.90 Å². The molecule has 0 fully saturated rings. The summed E-state index contributed by atoms with van der Waals surface area (Å²) in [5.41, 5.74) is 2.48. The third kappa shape index (κ3) is 4.79. The van der Waals surface area contributed by atoms with Gasteiger partial charge >= 0.3 is 0 Å². The van der Waals surface area contributed by atoms with E-state index in [0.717, 1.165) is 17.5 Å². The Morgan fingerprint density at radius 1 is 1.26 bits per heavy atom. The van der Waals surface area contributed by atoms with E-state index < -0.39 is 6.10 Å². The first-order chi connectivity index (χ1) is 11.1. The summed E-state index contributed by atoms with van der Waals surface area (Å²) in [5, 5.41) is 16.1. The number of benzene rings is 1. The zero-order chi connectivity index (χ0) is 16.7. The molecule has 0 aliphatic carbocycles. The summed E-state index contributed by atoms with van der Waals surface area (Å²) in [7, 11) is 0. The number of pyridine rings is 1. The lowest BCUT2D eigenvalue weighted by Gasteiger charge is -2.15. The molecule has 5 heteroatoms. The second-order valence-corrected chi connectivity index (χ2v) is 5.44. The highest BCUT2D eigenvalue weighted by Crippen LogP contribution is 2.17. The number of rotatable bonds is 7. The Balaban J connectivity index is 1.91. The van der Waals surface area contributed by atoms with Crippen LogP contribution < -0.4 is 10.6 Å². The average Bonchev–Trinajstić information content (AvgIpc) is 2.58. The van der Waals surface area contributed by atoms with E-state index in [2.05, 4.69) is 15.6 Å². The highest BCUT2D eigenvalue weighted by atomic mass is 16.3. The van der Waals surface area contributed by atoms with Crippen molar-refractivity contribution >= 4 is 11.7 Å². The van der Waals surface area contributed by atoms with Crippen molar-refractivity contribution in [3.8, 4) is 0 Å². The van der Waals surface area contributed by atoms with E-state index in [1.165, 1.54) is 6.20 Å². The number of amides is 1. The minimum Gasteiger partial charge on any atom is -0.387 e. The van der Waals surface area contributed by atoms with E-state index in [4.69, 9.17) is 0 Å². The van der Waals surface area contributed by atoms with Gasteiger partial charge in [-0.15, -0.1) is 0 Å². The van der Waals surface area contributed by atoms with Crippen LogP contribution in [0.5, 0.6) is 0 Å². The van der Waals surface area contributed by atoms with E-state index in [1.54, 1.807) is 12.1 Å². The molecular formula is C18H23N3O2. The molecule has 1 aromatic heterocycles. The number of aliphatic hydroxyl groups is 1. The lowest BCUT2D eigenvalue weighted by atomic mass is 10.0. The van der Waals surface area contributed by atoms with Gasteiger partial charge in [-0.3, -0.25) is 4.79 Å². The van der Waals surface area contributed by atoms with Crippen molar-refractivity contribution in [2.24, 2.45) is 0 Å². The van der Waals surface area contributed by atoms with Crippen LogP contribution in [0.3, 0.4) is 0 Å². The predicted octanol–water partition coefficient (Wildman–Crippen LogP) is 2.68. The number of nitrogens with zero attached hydrogens (tertiary/aromatic N) is 1. The molecule has 0 radical (unpaired) electrons. The molecule has 0 saturated heterocycles. The molecule has 0 spiro atoms. The quantitative estimate of drug-likeness (QED) is 0.735. The second-order valence-electron chi connectivity index (χ2n) is 5.44. The standard InChI is InChI=1S/C18H23N3O2/c1-3-10-19-18(23)14-8-9-17(20-11-14)21-12-16(22)15-7-5-4-6-13(15)2/h4-9,11,16,22H,3,10,12H2,1-2H3,(H,19,23)(H,20,21). The molecule has 1 amide bonds. The molecule has 1 heterocycles. The van der Waals surface area contributed by atoms with Crippen molar-refractivity contribution in [3.63, 3.8) is 0 Å². The van der Waals surface area contributed by atoms with Gasteiger partial charge in [0, 0.05) is 19.3 Å². The van der Waals surface area contributed by atoms with Crippen molar-refractivity contribution in [2.45, 2.75) is 26.4 Å². The summed E-state index contributed by atoms with van der Waals surface area (Å²) < 4.78 is 0. The van der Waals surface area contributed by atoms with Crippen molar-refractivity contribution in [1.82, 2.24) is 10.3 Å². The SMILES string of the molecule is CCCNC(=O)c1ccc(NCC(O)c2ccccc2C)nc1. The molecule has 1 aromatic carbocycles. The number of aromatic nitrogens is 1. The molecule has 2 rings (SSSR count). The zero-order valence-corrected chi connectivity index (χ0v) is 13.5. The zero-order valence-electron chi connectivity index (χ0n) is 13.5. The third-order valence-electron chi connectivity index (χ3n) is 3.59. The van der Waals surface area contributed by atoms with Crippen LogP contribution in [0.1, 0.15) is 40.9 Å². The molecule has 1 unspecified atom stereocenters. The van der Waals surface area contributed by atoms with Gasteiger partial charge in [0.25, 0.3) is 5.91 Å². The Bertz CT molecular complexity index is 641. The maximum Gasteiger partial charge on any atom is 0.252 e. The first kappa shape index (κ1) is 17.0. The van der Waals surface area contributed by atoms with Gasteiger partial charge in [-0.2, -0.15) is 0 Å². The van der Waals surface area contributed by atoms with Crippen LogP contribution in [-0.4, -0.2) is 29.1 Å². The van der Waals surface area contributed by atoms with Crippen molar-refractivity contribution in [1.29, 1.82) is 0 Å². The van der Waals surface area contributed by atoms with Gasteiger partial charge in [-0.1, -0.05) is 31.2 Å². The Morgan fingerprint density at radius 3 is 2.70 bits per heavy atom. The van der Waals surface area contributed by atoms with Crippen LogP contribution in [0.25, 0.3) is 0 Å². The van der Waals surface area contributed by atoms with Gasteiger partial charge in [-0.05, 0) is 36.6 Å². The minimum atomic E-state index is -0.606. The molecular weight excluding hydrogens is 290 g/mol. The van der Waals surface area contributed by atoms with Crippen LogP contribution in [0, 0.1) is 6.92 Å². The summed E-state index contributed by atoms with van der Waals surface area (Å²) in [4.78, 5) is 16.0. The Kier molecular flexibility index (Phi) is 6.11. The molecule has 122 valence electrons. The van der Waals surface area contributed by atoms with E-state index >= 15 is 0 Å². The number of carbonyl (C=O) groups excluding carboxylic acids is 1. The fourth-order valence-corrected chi connectivity index (χ4v) is 2.25. The van der Waals surface area contributed by atoms with E-state index in [1.807, 2.05) is 38.1 Å². The number of hydrogen-bond acceptors (Lipinski definition) is 4. The van der Waals surface area contributed by atoms with Crippen molar-refractivity contribution < 1.29 is 9.90 Å². The first-order valence-corrected chi connectivity index (χ1v) is 7.83. The van der Waals surface area contributed by atoms with Crippen LogP contribution >= 0.6 is 0 Å². The van der Waals surface area contributed by atoms with Crippen LogP contribution in [-0.2, 0) is 0 Å². The number of anilines is 1. The molecule has 5 nitrogen and oxygen atoms in total. The molecule has 2 aromatic rings. The van der Waals surface area contributed by atoms with Gasteiger partial charge in [0.1, 0.15) is 5.82 Å². The number of hydrogen-bond donors (Lipinski definition) is 3. The fourth-order valence-electron chi connectivity index (χ4n) is 2.25. The topological polar surface area (TPSA) is 74.2 Å². The van der Waals surface area contributed by atoms with Gasteiger partial charge in [-0.25, -0.2) is 4.98 Å². The van der Waals surface area contributed by atoms with Crippen molar-refractivity contribution in [2.75, 3.05) is 18.4 Å². The minimum absolute atomic E-state index is 0.120. The number of nitrogens with one attached hydrogen (secondary N) is 2. The number of carbonyl (C=O) groups is 1. The van der Waals surface area contributed by atoms with Gasteiger partial charge in [0.05, 0.1) is 11.7 Å². The molecule has 0 saturated carbocycles. The lowest BCUT2D eigenvalue weighted by Crippen LogP contribution is -2.24. The Hall–Kier alpha value is -2.40. The average molecular weight is 313 g/mol. The summed E-state index contributed by atoms with van der Waals surface area (Å²) >= 11 is 0. The highest BCUT2D eigenvalue weighted by molar-refractivity contribution is 5.93. The molecule has 0 bridgehead atoms. The lowest BCUT2D eigenvalue weighted by molar-refractivity contribution is 0.0953. The number of aliphatic hydroxyl groups excluding tert-OH is 1. The fraction of sp³-hybridized carbons (Fsp3) is 0.333. The summed E-state index contributed by atoms with van der Waals surface area (Å²) in [6.07, 6.45) is 1.83. The smallest absolute Gasteiger partial charge is 0.252 e. The molecule has 0 aliphatic rings. The summed E-state index contributed by atoms with van der Waals surface area (Å²) in [6, 6.07) is 11.2. The van der Waals surface area contributed by atoms with Crippen LogP contribution in [0.4, 0.5) is 5.82 Å². The van der Waals surface area contributed by atoms with Crippen LogP contribution in [0.2, 0.25) is 0 Å². The highest BCUT2D eigenvalue weighted by Gasteiger charge is 2.10. The monoisotopic (exact) mass is 313 g/mol. The number of aryl methyl sites for hydroxylation is 1. The Labute approximate surface area is 136 Å². The van der Waals surface area contributed by atoms with Gasteiger partial charge in [0.2, 0.25) is 0 Å². The molecule has 0 aliphatic heterocycles. The van der Waals surface area contributed by atoms with Crippen molar-refractivity contribution in [3.05, 3.63) is 59.3 Å². The maximum absolute atomic E-state index is 11.8. The summed E-state index contributed by atoms with van der Waals surface area (Å²) in [6.45, 7) is 4.99. The van der Waals surface area contributed by atoms with Gasteiger partial charge < -0.3 is 15.7 Å². The third-order valence-corrected chi connectivity index (χ3v) is 3.59. The van der Waals surface area contributed by atoms with Crippen LogP contribution in [0.15, 0.2) is 42.6 Å². The predicted molar refractivity (Wildman–Crippen MR) is 91.5 cm³/mol. The first-order valence-electron chi connectivity index (χ1n) is 7.83. The van der Waals surface area contributed by atoms with E-state index in [-0.39, 0.29) is 5.91 Å². The Morgan fingerprint density at radius 2 is 2.04 bits per heavy atom. The molecule has 23 heavy (non-hydrogen) atoms.